The molecule has 2 aromatic carbocycles. The van der Waals surface area contributed by atoms with Crippen molar-refractivity contribution in [2.24, 2.45) is 0 Å². The van der Waals surface area contributed by atoms with Crippen LogP contribution in [0.3, 0.4) is 0 Å². The molecule has 0 radical (unpaired) electrons. The van der Waals surface area contributed by atoms with Gasteiger partial charge in [-0.3, -0.25) is 20.2 Å². The lowest BCUT2D eigenvalue weighted by Crippen LogP contribution is -2.21. The van der Waals surface area contributed by atoms with Gasteiger partial charge in [0.2, 0.25) is 6.10 Å². The van der Waals surface area contributed by atoms with Crippen LogP contribution in [-0.4, -0.2) is 27.6 Å². The molecule has 1 N–H and O–H groups in total. The Morgan fingerprint density at radius 2 is 2.00 bits per heavy atom. The molecule has 28 heavy (non-hydrogen) atoms. The van der Waals surface area contributed by atoms with E-state index in [0.29, 0.717) is 11.5 Å². The van der Waals surface area contributed by atoms with E-state index >= 15 is 0 Å². The number of carbonyl (C=O) groups excluding carboxylic acids is 1. The molecule has 0 aliphatic carbocycles. The molecule has 1 atom stereocenters. The fourth-order valence-electron chi connectivity index (χ4n) is 2.57. The molecule has 0 saturated heterocycles. The highest BCUT2D eigenvalue weighted by Crippen LogP contribution is 2.35. The van der Waals surface area contributed by atoms with Crippen LogP contribution in [0.25, 0.3) is 0 Å². The third-order valence-electron chi connectivity index (χ3n) is 3.85. The quantitative estimate of drug-likeness (QED) is 0.519. The Morgan fingerprint density at radius 3 is 2.79 bits per heavy atom. The van der Waals surface area contributed by atoms with Crippen molar-refractivity contribution in [1.82, 2.24) is 10.2 Å². The maximum atomic E-state index is 12.4. The topological polar surface area (TPSA) is 130 Å². The van der Waals surface area contributed by atoms with Crippen LogP contribution in [0, 0.1) is 10.1 Å². The number of nitrogens with zero attached hydrogens (tertiary/aromatic N) is 3. The van der Waals surface area contributed by atoms with Crippen molar-refractivity contribution in [3.63, 3.8) is 0 Å². The van der Waals surface area contributed by atoms with Crippen LogP contribution >= 0.6 is 11.6 Å². The molecule has 1 aliphatic heterocycles. The minimum absolute atomic E-state index is 0.0883. The van der Waals surface area contributed by atoms with Crippen LogP contribution in [-0.2, 0) is 0 Å². The summed E-state index contributed by atoms with van der Waals surface area (Å²) in [5.41, 5.74) is -0.634. The van der Waals surface area contributed by atoms with Crippen LogP contribution < -0.4 is 14.8 Å². The Balaban J connectivity index is 1.51. The number of anilines is 1. The van der Waals surface area contributed by atoms with Crippen molar-refractivity contribution in [2.45, 2.75) is 6.10 Å². The van der Waals surface area contributed by atoms with Crippen molar-refractivity contribution in [2.75, 3.05) is 11.9 Å². The molecule has 0 bridgehead atoms. The van der Waals surface area contributed by atoms with Gasteiger partial charge < -0.3 is 13.9 Å². The molecule has 142 valence electrons. The van der Waals surface area contributed by atoms with E-state index in [9.17, 15) is 14.9 Å². The SMILES string of the molecule is O=C(Nc1nnc([C@H]2COc3ccccc3O2)o1)c1cc(Cl)ccc1[N+](=O)[O-]. The second kappa shape index (κ2) is 7.16. The van der Waals surface area contributed by atoms with E-state index in [4.69, 9.17) is 25.5 Å². The summed E-state index contributed by atoms with van der Waals surface area (Å²) in [6.45, 7) is 0.145. The van der Waals surface area contributed by atoms with Gasteiger partial charge in [0.05, 0.1) is 4.92 Å². The van der Waals surface area contributed by atoms with Crippen LogP contribution in [0.2, 0.25) is 5.02 Å². The van der Waals surface area contributed by atoms with Crippen LogP contribution in [0.5, 0.6) is 11.5 Å². The van der Waals surface area contributed by atoms with Crippen LogP contribution in [0.15, 0.2) is 46.9 Å². The molecule has 1 aromatic heterocycles. The van der Waals surface area contributed by atoms with E-state index in [0.717, 1.165) is 6.07 Å². The number of nitro groups is 1. The number of nitro benzene ring substituents is 1. The first-order valence-corrected chi connectivity index (χ1v) is 8.36. The number of carbonyl (C=O) groups is 1. The number of ether oxygens (including phenoxy) is 2. The first-order valence-electron chi connectivity index (χ1n) is 7.98. The standard InChI is InChI=1S/C17H11ClN4O6/c18-9-5-6-11(22(24)25)10(7-9)15(23)19-17-21-20-16(28-17)14-8-26-12-3-1-2-4-13(12)27-14/h1-7,14H,8H2,(H,19,21,23)/t14-/m1/s1. The minimum atomic E-state index is -0.810. The van der Waals surface area contributed by atoms with Crippen molar-refractivity contribution in [3.8, 4) is 11.5 Å². The fraction of sp³-hybridized carbons (Fsp3) is 0.118. The van der Waals surface area contributed by atoms with Gasteiger partial charge in [-0.2, -0.15) is 0 Å². The Hall–Kier alpha value is -3.66. The summed E-state index contributed by atoms with van der Waals surface area (Å²) < 4.78 is 16.7. The van der Waals surface area contributed by atoms with Gasteiger partial charge in [0, 0.05) is 11.1 Å². The summed E-state index contributed by atoms with van der Waals surface area (Å²) in [5.74, 6) is 0.401. The molecule has 11 heteroatoms. The summed E-state index contributed by atoms with van der Waals surface area (Å²) >= 11 is 5.83. The second-order valence-corrected chi connectivity index (χ2v) is 6.12. The van der Waals surface area contributed by atoms with Crippen LogP contribution in [0.1, 0.15) is 22.4 Å². The number of halogens is 1. The van der Waals surface area contributed by atoms with E-state index in [1.165, 1.54) is 12.1 Å². The fourth-order valence-corrected chi connectivity index (χ4v) is 2.74. The number of benzene rings is 2. The highest BCUT2D eigenvalue weighted by atomic mass is 35.5. The molecule has 2 heterocycles. The molecule has 0 spiro atoms. The molecular formula is C17H11ClN4O6. The van der Waals surface area contributed by atoms with E-state index in [1.807, 2.05) is 6.07 Å². The molecule has 10 nitrogen and oxygen atoms in total. The van der Waals surface area contributed by atoms with Gasteiger partial charge in [0.15, 0.2) is 11.5 Å². The first-order chi connectivity index (χ1) is 13.5. The number of aromatic nitrogens is 2. The summed E-state index contributed by atoms with van der Waals surface area (Å²) in [6, 6.07) is 10.5. The van der Waals surface area contributed by atoms with Crippen LogP contribution in [0.4, 0.5) is 11.7 Å². The van der Waals surface area contributed by atoms with Crippen molar-refractivity contribution in [3.05, 3.63) is 69.1 Å². The number of hydrogen-bond acceptors (Lipinski definition) is 8. The number of rotatable bonds is 4. The molecule has 3 aromatic rings. The molecule has 0 saturated carbocycles. The molecular weight excluding hydrogens is 392 g/mol. The van der Waals surface area contributed by atoms with Crippen molar-refractivity contribution >= 4 is 29.2 Å². The maximum Gasteiger partial charge on any atom is 0.322 e. The number of amides is 1. The zero-order chi connectivity index (χ0) is 19.7. The molecule has 4 rings (SSSR count). The van der Waals surface area contributed by atoms with Crippen molar-refractivity contribution in [1.29, 1.82) is 0 Å². The highest BCUT2D eigenvalue weighted by Gasteiger charge is 2.28. The minimum Gasteiger partial charge on any atom is -0.485 e. The Kier molecular flexibility index (Phi) is 4.53. The number of nitrogens with one attached hydrogen (secondary N) is 1. The third kappa shape index (κ3) is 3.45. The molecule has 0 fully saturated rings. The van der Waals surface area contributed by atoms with Gasteiger partial charge in [-0.25, -0.2) is 0 Å². The van der Waals surface area contributed by atoms with E-state index < -0.39 is 22.6 Å². The Labute approximate surface area is 162 Å². The van der Waals surface area contributed by atoms with Gasteiger partial charge in [0.25, 0.3) is 17.5 Å². The predicted octanol–water partition coefficient (Wildman–Crippen LogP) is 3.40. The zero-order valence-electron chi connectivity index (χ0n) is 14.0. The number of fused-ring (bicyclic) bond motifs is 1. The zero-order valence-corrected chi connectivity index (χ0v) is 14.8. The third-order valence-corrected chi connectivity index (χ3v) is 4.08. The van der Waals surface area contributed by atoms with Gasteiger partial charge in [-0.15, -0.1) is 5.10 Å². The summed E-state index contributed by atoms with van der Waals surface area (Å²) in [6.07, 6.45) is -0.659. The van der Waals surface area contributed by atoms with E-state index in [1.54, 1.807) is 18.2 Å². The average molecular weight is 403 g/mol. The summed E-state index contributed by atoms with van der Waals surface area (Å²) in [7, 11) is 0. The van der Waals surface area contributed by atoms with E-state index in [2.05, 4.69) is 15.5 Å². The molecule has 0 unspecified atom stereocenters. The first kappa shape index (κ1) is 17.7. The molecule has 1 aliphatic rings. The lowest BCUT2D eigenvalue weighted by molar-refractivity contribution is -0.385. The monoisotopic (exact) mass is 402 g/mol. The summed E-state index contributed by atoms with van der Waals surface area (Å²) in [4.78, 5) is 22.8. The lowest BCUT2D eigenvalue weighted by Gasteiger charge is -2.23. The second-order valence-electron chi connectivity index (χ2n) is 5.68. The van der Waals surface area contributed by atoms with Gasteiger partial charge >= 0.3 is 6.01 Å². The highest BCUT2D eigenvalue weighted by molar-refractivity contribution is 6.31. The lowest BCUT2D eigenvalue weighted by atomic mass is 10.1. The smallest absolute Gasteiger partial charge is 0.322 e. The summed E-state index contributed by atoms with van der Waals surface area (Å²) in [5, 5.41) is 21.2. The van der Waals surface area contributed by atoms with E-state index in [-0.39, 0.29) is 29.1 Å². The number of hydrogen-bond donors (Lipinski definition) is 1. The predicted molar refractivity (Wildman–Crippen MR) is 95.7 cm³/mol. The Morgan fingerprint density at radius 1 is 1.21 bits per heavy atom. The Bertz CT molecular complexity index is 1070. The van der Waals surface area contributed by atoms with Gasteiger partial charge in [-0.1, -0.05) is 28.8 Å². The molecule has 1 amide bonds. The van der Waals surface area contributed by atoms with Gasteiger partial charge in [0.1, 0.15) is 12.2 Å². The number of para-hydroxylation sites is 2. The van der Waals surface area contributed by atoms with Crippen molar-refractivity contribution < 1.29 is 23.6 Å². The largest absolute Gasteiger partial charge is 0.485 e. The maximum absolute atomic E-state index is 12.4. The normalized spacial score (nSPS) is 15.1. The average Bonchev–Trinajstić information content (AvgIpc) is 3.15. The van der Waals surface area contributed by atoms with Gasteiger partial charge in [-0.05, 0) is 24.3 Å².